The van der Waals surface area contributed by atoms with Gasteiger partial charge in [-0.05, 0) is 47.0 Å². The van der Waals surface area contributed by atoms with Crippen molar-refractivity contribution in [2.45, 2.75) is 12.5 Å². The van der Waals surface area contributed by atoms with Gasteiger partial charge in [0.05, 0.1) is 11.0 Å². The van der Waals surface area contributed by atoms with E-state index < -0.39 is 4.92 Å². The van der Waals surface area contributed by atoms with Gasteiger partial charge in [-0.25, -0.2) is 0 Å². The molecule has 126 valence electrons. The first kappa shape index (κ1) is 16.0. The maximum absolute atomic E-state index is 13.1. The number of amides is 1. The molecule has 5 nitrogen and oxygen atoms in total. The van der Waals surface area contributed by atoms with Gasteiger partial charge in [0, 0.05) is 34.0 Å². The fraction of sp³-hybridized carbons (Fsp3) is 0.167. The number of hydrogen-bond acceptors (Lipinski definition) is 5. The van der Waals surface area contributed by atoms with E-state index in [0.717, 1.165) is 11.3 Å². The van der Waals surface area contributed by atoms with E-state index in [1.807, 2.05) is 16.3 Å². The molecule has 1 aliphatic heterocycles. The molecule has 1 amide bonds. The summed E-state index contributed by atoms with van der Waals surface area (Å²) in [4.78, 5) is 27.8. The Morgan fingerprint density at radius 2 is 1.92 bits per heavy atom. The summed E-state index contributed by atoms with van der Waals surface area (Å²) in [5, 5.41) is 14.9. The lowest BCUT2D eigenvalue weighted by atomic mass is 9.97. The van der Waals surface area contributed by atoms with Crippen molar-refractivity contribution >= 4 is 34.3 Å². The maximum atomic E-state index is 13.1. The molecule has 3 aromatic rings. The Labute approximate surface area is 152 Å². The van der Waals surface area contributed by atoms with Crippen molar-refractivity contribution in [2.24, 2.45) is 0 Å². The lowest BCUT2D eigenvalue weighted by molar-refractivity contribution is -0.384. The number of carbonyl (C=O) groups is 1. The fourth-order valence-corrected chi connectivity index (χ4v) is 4.94. The molecule has 25 heavy (non-hydrogen) atoms. The van der Waals surface area contributed by atoms with Gasteiger partial charge in [-0.1, -0.05) is 6.07 Å². The SMILES string of the molecule is O=C(c1ccc([N+](=O)[O-])cc1)N1CCc2sccc2C1c1cccs1. The molecule has 0 saturated heterocycles. The van der Waals surface area contributed by atoms with Crippen molar-refractivity contribution in [1.29, 1.82) is 0 Å². The number of carbonyl (C=O) groups excluding carboxylic acids is 1. The molecular formula is C18H14N2O3S2. The predicted molar refractivity (Wildman–Crippen MR) is 98.3 cm³/mol. The Morgan fingerprint density at radius 3 is 2.60 bits per heavy atom. The second kappa shape index (κ2) is 6.42. The number of hydrogen-bond donors (Lipinski definition) is 0. The fourth-order valence-electron chi connectivity index (χ4n) is 3.18. The Bertz CT molecular complexity index is 916. The number of nitrogens with zero attached hydrogens (tertiary/aromatic N) is 2. The van der Waals surface area contributed by atoms with E-state index in [-0.39, 0.29) is 17.6 Å². The molecule has 1 aromatic carbocycles. The highest BCUT2D eigenvalue weighted by atomic mass is 32.1. The summed E-state index contributed by atoms with van der Waals surface area (Å²) < 4.78 is 0. The number of fused-ring (bicyclic) bond motifs is 1. The van der Waals surface area contributed by atoms with Gasteiger partial charge in [-0.15, -0.1) is 22.7 Å². The topological polar surface area (TPSA) is 63.4 Å². The van der Waals surface area contributed by atoms with Crippen LogP contribution in [0.25, 0.3) is 0 Å². The number of benzene rings is 1. The van der Waals surface area contributed by atoms with Crippen LogP contribution in [-0.2, 0) is 6.42 Å². The first-order valence-electron chi connectivity index (χ1n) is 7.80. The second-order valence-electron chi connectivity index (χ2n) is 5.77. The van der Waals surface area contributed by atoms with Crippen LogP contribution in [0.3, 0.4) is 0 Å². The van der Waals surface area contributed by atoms with E-state index in [9.17, 15) is 14.9 Å². The van der Waals surface area contributed by atoms with E-state index in [4.69, 9.17) is 0 Å². The van der Waals surface area contributed by atoms with Gasteiger partial charge in [0.1, 0.15) is 0 Å². The van der Waals surface area contributed by atoms with E-state index in [0.29, 0.717) is 12.1 Å². The van der Waals surface area contributed by atoms with Gasteiger partial charge in [0.15, 0.2) is 0 Å². The van der Waals surface area contributed by atoms with Gasteiger partial charge in [0.25, 0.3) is 11.6 Å². The maximum Gasteiger partial charge on any atom is 0.269 e. The molecule has 1 unspecified atom stereocenters. The highest BCUT2D eigenvalue weighted by molar-refractivity contribution is 7.10. The number of thiophene rings is 2. The standard InChI is InChI=1S/C18H14N2O3S2/c21-18(12-3-5-13(6-4-12)20(22)23)19-9-7-15-14(8-11-25-15)17(19)16-2-1-10-24-16/h1-6,8,10-11,17H,7,9H2. The first-order chi connectivity index (χ1) is 12.1. The molecule has 0 radical (unpaired) electrons. The molecule has 3 heterocycles. The minimum absolute atomic E-state index is 0.00915. The van der Waals surface area contributed by atoms with Crippen molar-refractivity contribution in [2.75, 3.05) is 6.54 Å². The average molecular weight is 370 g/mol. The van der Waals surface area contributed by atoms with Gasteiger partial charge in [0.2, 0.25) is 0 Å². The van der Waals surface area contributed by atoms with Crippen LogP contribution in [0, 0.1) is 10.1 Å². The van der Waals surface area contributed by atoms with E-state index in [1.54, 1.807) is 22.7 Å². The minimum Gasteiger partial charge on any atom is -0.326 e. The van der Waals surface area contributed by atoms with Crippen LogP contribution in [0.15, 0.2) is 53.2 Å². The zero-order valence-corrected chi connectivity index (χ0v) is 14.8. The highest BCUT2D eigenvalue weighted by Gasteiger charge is 2.33. The third-order valence-electron chi connectivity index (χ3n) is 4.36. The third kappa shape index (κ3) is 2.85. The number of nitro benzene ring substituents is 1. The largest absolute Gasteiger partial charge is 0.326 e. The number of non-ortho nitro benzene ring substituents is 1. The van der Waals surface area contributed by atoms with Crippen LogP contribution in [0.4, 0.5) is 5.69 Å². The van der Waals surface area contributed by atoms with Crippen molar-refractivity contribution in [1.82, 2.24) is 4.90 Å². The zero-order chi connectivity index (χ0) is 17.4. The molecule has 4 rings (SSSR count). The number of rotatable bonds is 3. The number of nitro groups is 1. The molecular weight excluding hydrogens is 356 g/mol. The summed E-state index contributed by atoms with van der Waals surface area (Å²) in [5.74, 6) is -0.0925. The lowest BCUT2D eigenvalue weighted by Crippen LogP contribution is -2.39. The second-order valence-corrected chi connectivity index (χ2v) is 7.75. The summed E-state index contributed by atoms with van der Waals surface area (Å²) >= 11 is 3.37. The van der Waals surface area contributed by atoms with Gasteiger partial charge < -0.3 is 4.90 Å². The van der Waals surface area contributed by atoms with Gasteiger partial charge >= 0.3 is 0 Å². The Morgan fingerprint density at radius 1 is 1.12 bits per heavy atom. The smallest absolute Gasteiger partial charge is 0.269 e. The van der Waals surface area contributed by atoms with Crippen LogP contribution in [0.2, 0.25) is 0 Å². The van der Waals surface area contributed by atoms with E-state index >= 15 is 0 Å². The quantitative estimate of drug-likeness (QED) is 0.503. The molecule has 0 bridgehead atoms. The van der Waals surface area contributed by atoms with Gasteiger partial charge in [-0.3, -0.25) is 14.9 Å². The highest BCUT2D eigenvalue weighted by Crippen LogP contribution is 2.40. The molecule has 2 aromatic heterocycles. The first-order valence-corrected chi connectivity index (χ1v) is 9.56. The molecule has 0 fully saturated rings. The van der Waals surface area contributed by atoms with E-state index in [1.165, 1.54) is 34.7 Å². The lowest BCUT2D eigenvalue weighted by Gasteiger charge is -2.35. The van der Waals surface area contributed by atoms with Crippen LogP contribution in [0.5, 0.6) is 0 Å². The van der Waals surface area contributed by atoms with Crippen LogP contribution >= 0.6 is 22.7 Å². The average Bonchev–Trinajstić information content (AvgIpc) is 3.31. The molecule has 0 N–H and O–H groups in total. The Balaban J connectivity index is 1.70. The predicted octanol–water partition coefficient (Wildman–Crippen LogP) is 4.51. The molecule has 0 saturated carbocycles. The summed E-state index contributed by atoms with van der Waals surface area (Å²) in [5.41, 5.74) is 1.66. The molecule has 1 atom stereocenters. The minimum atomic E-state index is -0.457. The van der Waals surface area contributed by atoms with Crippen LogP contribution < -0.4 is 0 Å². The Kier molecular flexibility index (Phi) is 4.10. The summed E-state index contributed by atoms with van der Waals surface area (Å²) in [6.07, 6.45) is 0.841. The van der Waals surface area contributed by atoms with Crippen molar-refractivity contribution in [3.63, 3.8) is 0 Å². The molecule has 1 aliphatic rings. The van der Waals surface area contributed by atoms with Gasteiger partial charge in [-0.2, -0.15) is 0 Å². The van der Waals surface area contributed by atoms with Crippen molar-refractivity contribution in [3.05, 3.63) is 84.2 Å². The molecule has 7 heteroatoms. The monoisotopic (exact) mass is 370 g/mol. The summed E-state index contributed by atoms with van der Waals surface area (Å²) in [6, 6.07) is 11.9. The van der Waals surface area contributed by atoms with Crippen LogP contribution in [0.1, 0.15) is 31.7 Å². The third-order valence-corrected chi connectivity index (χ3v) is 6.29. The summed E-state index contributed by atoms with van der Waals surface area (Å²) in [6.45, 7) is 0.645. The van der Waals surface area contributed by atoms with Crippen molar-refractivity contribution < 1.29 is 9.72 Å². The van der Waals surface area contributed by atoms with Crippen molar-refractivity contribution in [3.8, 4) is 0 Å². The summed E-state index contributed by atoms with van der Waals surface area (Å²) in [7, 11) is 0. The molecule has 0 aliphatic carbocycles. The van der Waals surface area contributed by atoms with E-state index in [2.05, 4.69) is 17.5 Å². The zero-order valence-electron chi connectivity index (χ0n) is 13.1. The normalized spacial score (nSPS) is 16.5. The van der Waals surface area contributed by atoms with Crippen LogP contribution in [-0.4, -0.2) is 22.3 Å². The molecule has 0 spiro atoms. The Hall–Kier alpha value is -2.51.